The standard InChI is InChI=1S/C13H9ClN6/c14-9-2-1-8(6-15)5-10(9)18-12-13-17-3-4-20(13)7-11(16)19-12/h1-5,7H,16H2,(H,18,19). The number of aromatic nitrogens is 3. The maximum atomic E-state index is 8.93. The van der Waals surface area contributed by atoms with Crippen LogP contribution in [0.1, 0.15) is 5.56 Å². The molecule has 0 aliphatic carbocycles. The molecule has 1 aromatic carbocycles. The zero-order valence-corrected chi connectivity index (χ0v) is 11.0. The molecule has 0 fully saturated rings. The number of nitrogens with two attached hydrogens (primary N) is 1. The minimum Gasteiger partial charge on any atom is -0.382 e. The molecule has 3 aromatic rings. The normalized spacial score (nSPS) is 10.4. The second kappa shape index (κ2) is 4.72. The Morgan fingerprint density at radius 3 is 3.05 bits per heavy atom. The molecule has 0 spiro atoms. The number of nitrogens with one attached hydrogen (secondary N) is 1. The highest BCUT2D eigenvalue weighted by Crippen LogP contribution is 2.27. The number of nitrogen functional groups attached to an aromatic ring is 1. The van der Waals surface area contributed by atoms with Crippen LogP contribution in [0.25, 0.3) is 5.65 Å². The second-order valence-corrected chi connectivity index (χ2v) is 4.51. The van der Waals surface area contributed by atoms with Crippen LogP contribution in [0.5, 0.6) is 0 Å². The van der Waals surface area contributed by atoms with Gasteiger partial charge in [0.05, 0.1) is 28.5 Å². The maximum Gasteiger partial charge on any atom is 0.180 e. The molecule has 3 rings (SSSR count). The molecular weight excluding hydrogens is 276 g/mol. The zero-order chi connectivity index (χ0) is 14.1. The molecule has 2 aromatic heterocycles. The van der Waals surface area contributed by atoms with E-state index in [9.17, 15) is 0 Å². The highest BCUT2D eigenvalue weighted by atomic mass is 35.5. The monoisotopic (exact) mass is 284 g/mol. The lowest BCUT2D eigenvalue weighted by Gasteiger charge is -2.09. The average Bonchev–Trinajstić information content (AvgIpc) is 2.89. The fraction of sp³-hybridized carbons (Fsp3) is 0. The number of hydrogen-bond donors (Lipinski definition) is 2. The van der Waals surface area contributed by atoms with Gasteiger partial charge < -0.3 is 15.5 Å². The number of halogens is 1. The summed E-state index contributed by atoms with van der Waals surface area (Å²) in [5.74, 6) is 0.831. The maximum absolute atomic E-state index is 8.93. The highest BCUT2D eigenvalue weighted by Gasteiger charge is 2.09. The van der Waals surface area contributed by atoms with Crippen LogP contribution in [-0.4, -0.2) is 14.4 Å². The Hall–Kier alpha value is -2.78. The molecule has 20 heavy (non-hydrogen) atoms. The second-order valence-electron chi connectivity index (χ2n) is 4.10. The SMILES string of the molecule is N#Cc1ccc(Cl)c(Nc2nc(N)cn3ccnc23)c1. The van der Waals surface area contributed by atoms with E-state index in [1.807, 2.05) is 0 Å². The van der Waals surface area contributed by atoms with Crippen molar-refractivity contribution in [1.29, 1.82) is 5.26 Å². The van der Waals surface area contributed by atoms with Crippen LogP contribution in [0.2, 0.25) is 5.02 Å². The molecule has 0 saturated carbocycles. The van der Waals surface area contributed by atoms with Crippen molar-refractivity contribution < 1.29 is 0 Å². The highest BCUT2D eigenvalue weighted by molar-refractivity contribution is 6.33. The molecule has 0 aliphatic heterocycles. The van der Waals surface area contributed by atoms with Crippen LogP contribution in [-0.2, 0) is 0 Å². The van der Waals surface area contributed by atoms with Crippen molar-refractivity contribution in [2.45, 2.75) is 0 Å². The Labute approximate surface area is 119 Å². The van der Waals surface area contributed by atoms with Crippen LogP contribution < -0.4 is 11.1 Å². The summed E-state index contributed by atoms with van der Waals surface area (Å²) in [5, 5.41) is 12.5. The predicted molar refractivity (Wildman–Crippen MR) is 76.8 cm³/mol. The number of anilines is 3. The van der Waals surface area contributed by atoms with Gasteiger partial charge in [-0.1, -0.05) is 11.6 Å². The number of hydrogen-bond acceptors (Lipinski definition) is 5. The number of imidazole rings is 1. The van der Waals surface area contributed by atoms with Gasteiger partial charge >= 0.3 is 0 Å². The van der Waals surface area contributed by atoms with Gasteiger partial charge in [-0.2, -0.15) is 5.26 Å². The first-order valence-corrected chi connectivity index (χ1v) is 6.11. The molecule has 0 bridgehead atoms. The van der Waals surface area contributed by atoms with Crippen molar-refractivity contribution in [3.05, 3.63) is 47.4 Å². The average molecular weight is 285 g/mol. The Balaban J connectivity index is 2.09. The van der Waals surface area contributed by atoms with Crippen molar-refractivity contribution in [2.75, 3.05) is 11.1 Å². The largest absolute Gasteiger partial charge is 0.382 e. The van der Waals surface area contributed by atoms with Gasteiger partial charge in [0, 0.05) is 12.4 Å². The lowest BCUT2D eigenvalue weighted by atomic mass is 10.2. The lowest BCUT2D eigenvalue weighted by molar-refractivity contribution is 1.14. The first-order valence-electron chi connectivity index (χ1n) is 5.73. The number of rotatable bonds is 2. The summed E-state index contributed by atoms with van der Waals surface area (Å²) in [6, 6.07) is 7.00. The van der Waals surface area contributed by atoms with Crippen LogP contribution in [0.15, 0.2) is 36.8 Å². The summed E-state index contributed by atoms with van der Waals surface area (Å²) in [4.78, 5) is 8.41. The van der Waals surface area contributed by atoms with E-state index in [-0.39, 0.29) is 0 Å². The first kappa shape index (κ1) is 12.3. The molecule has 0 aliphatic rings. The third kappa shape index (κ3) is 2.11. The van der Waals surface area contributed by atoms with Crippen molar-refractivity contribution in [2.24, 2.45) is 0 Å². The number of nitrogens with zero attached hydrogens (tertiary/aromatic N) is 4. The minimum absolute atomic E-state index is 0.352. The van der Waals surface area contributed by atoms with Gasteiger partial charge in [-0.15, -0.1) is 0 Å². The molecule has 0 saturated heterocycles. The summed E-state index contributed by atoms with van der Waals surface area (Å²) in [6.07, 6.45) is 5.08. The third-order valence-corrected chi connectivity index (χ3v) is 3.07. The van der Waals surface area contributed by atoms with E-state index in [2.05, 4.69) is 21.4 Å². The van der Waals surface area contributed by atoms with Crippen molar-refractivity contribution >= 4 is 34.6 Å². The molecule has 6 nitrogen and oxygen atoms in total. The lowest BCUT2D eigenvalue weighted by Crippen LogP contribution is -2.02. The molecule has 2 heterocycles. The molecule has 3 N–H and O–H groups in total. The van der Waals surface area contributed by atoms with Crippen LogP contribution in [0.4, 0.5) is 17.3 Å². The summed E-state index contributed by atoms with van der Waals surface area (Å²) in [6.45, 7) is 0. The van der Waals surface area contributed by atoms with Crippen LogP contribution in [0, 0.1) is 11.3 Å². The number of nitriles is 1. The molecule has 98 valence electrons. The smallest absolute Gasteiger partial charge is 0.180 e. The van der Waals surface area contributed by atoms with E-state index >= 15 is 0 Å². The topological polar surface area (TPSA) is 92.0 Å². The third-order valence-electron chi connectivity index (χ3n) is 2.74. The van der Waals surface area contributed by atoms with Crippen LogP contribution in [0.3, 0.4) is 0 Å². The predicted octanol–water partition coefficient (Wildman–Crippen LogP) is 2.58. The van der Waals surface area contributed by atoms with Gasteiger partial charge in [0.25, 0.3) is 0 Å². The summed E-state index contributed by atoms with van der Waals surface area (Å²) in [5.41, 5.74) is 7.45. The van der Waals surface area contributed by atoms with E-state index in [1.54, 1.807) is 41.2 Å². The first-order chi connectivity index (χ1) is 9.67. The van der Waals surface area contributed by atoms with Crippen molar-refractivity contribution in [1.82, 2.24) is 14.4 Å². The quantitative estimate of drug-likeness (QED) is 0.754. The summed E-state index contributed by atoms with van der Waals surface area (Å²) < 4.78 is 1.76. The van der Waals surface area contributed by atoms with Gasteiger partial charge in [0.2, 0.25) is 0 Å². The number of fused-ring (bicyclic) bond motifs is 1. The van der Waals surface area contributed by atoms with Gasteiger partial charge in [-0.25, -0.2) is 9.97 Å². The molecule has 0 unspecified atom stereocenters. The van der Waals surface area contributed by atoms with E-state index in [4.69, 9.17) is 22.6 Å². The minimum atomic E-state index is 0.352. The summed E-state index contributed by atoms with van der Waals surface area (Å²) >= 11 is 6.11. The Morgan fingerprint density at radius 1 is 1.40 bits per heavy atom. The number of benzene rings is 1. The Bertz CT molecular complexity index is 832. The van der Waals surface area contributed by atoms with Gasteiger partial charge in [-0.3, -0.25) is 0 Å². The summed E-state index contributed by atoms with van der Waals surface area (Å²) in [7, 11) is 0. The van der Waals surface area contributed by atoms with Crippen molar-refractivity contribution in [3.8, 4) is 6.07 Å². The van der Waals surface area contributed by atoms with E-state index in [1.165, 1.54) is 0 Å². The van der Waals surface area contributed by atoms with E-state index in [0.717, 1.165) is 0 Å². The van der Waals surface area contributed by atoms with Crippen LogP contribution >= 0.6 is 11.6 Å². The molecular formula is C13H9ClN6. The molecule has 0 amide bonds. The molecule has 0 atom stereocenters. The van der Waals surface area contributed by atoms with Gasteiger partial charge in [0.1, 0.15) is 5.82 Å². The zero-order valence-electron chi connectivity index (χ0n) is 10.2. The fourth-order valence-corrected chi connectivity index (χ4v) is 2.02. The van der Waals surface area contributed by atoms with E-state index < -0.39 is 0 Å². The van der Waals surface area contributed by atoms with Crippen molar-refractivity contribution in [3.63, 3.8) is 0 Å². The fourth-order valence-electron chi connectivity index (χ4n) is 1.85. The Morgan fingerprint density at radius 2 is 2.25 bits per heavy atom. The van der Waals surface area contributed by atoms with Gasteiger partial charge in [0.15, 0.2) is 11.5 Å². The molecule has 7 heteroatoms. The molecule has 0 radical (unpaired) electrons. The Kier molecular flexibility index (Phi) is 2.89. The van der Waals surface area contributed by atoms with Gasteiger partial charge in [-0.05, 0) is 18.2 Å². The van der Waals surface area contributed by atoms with E-state index in [0.29, 0.717) is 33.6 Å².